The van der Waals surface area contributed by atoms with Crippen molar-refractivity contribution in [3.8, 4) is 0 Å². The summed E-state index contributed by atoms with van der Waals surface area (Å²) in [4.78, 5) is 0.918. The molecule has 1 aliphatic rings. The molecule has 0 radical (unpaired) electrons. The fourth-order valence-electron chi connectivity index (χ4n) is 1.93. The summed E-state index contributed by atoms with van der Waals surface area (Å²) >= 11 is 1.60. The highest BCUT2D eigenvalue weighted by atomic mass is 32.2. The zero-order valence-corrected chi connectivity index (χ0v) is 9.34. The van der Waals surface area contributed by atoms with E-state index in [2.05, 4.69) is 0 Å². The summed E-state index contributed by atoms with van der Waals surface area (Å²) in [5.41, 5.74) is 0. The van der Waals surface area contributed by atoms with Crippen molar-refractivity contribution in [2.75, 3.05) is 0 Å². The number of halogens is 1. The number of aliphatic hydroxyl groups is 1. The number of aliphatic hydroxyl groups excluding tert-OH is 1. The number of thioether (sulfide) groups is 1. The van der Waals surface area contributed by atoms with E-state index in [1.54, 1.807) is 17.8 Å². The van der Waals surface area contributed by atoms with Gasteiger partial charge >= 0.3 is 0 Å². The van der Waals surface area contributed by atoms with Gasteiger partial charge in [-0.2, -0.15) is 0 Å². The Hall–Kier alpha value is -0.540. The SMILES string of the molecule is O[C@@H]1CCCC[C@H]1Sc1cccc(F)c1. The van der Waals surface area contributed by atoms with E-state index in [0.717, 1.165) is 24.2 Å². The molecule has 1 saturated carbocycles. The zero-order valence-electron chi connectivity index (χ0n) is 8.53. The van der Waals surface area contributed by atoms with Gasteiger partial charge in [-0.1, -0.05) is 18.9 Å². The first-order valence-corrected chi connectivity index (χ1v) is 6.24. The second kappa shape index (κ2) is 4.99. The van der Waals surface area contributed by atoms with Crippen molar-refractivity contribution in [1.82, 2.24) is 0 Å². The van der Waals surface area contributed by atoms with Crippen LogP contribution in [0.4, 0.5) is 4.39 Å². The molecule has 0 heterocycles. The van der Waals surface area contributed by atoms with E-state index in [-0.39, 0.29) is 17.2 Å². The quantitative estimate of drug-likeness (QED) is 0.835. The average Bonchev–Trinajstić information content (AvgIpc) is 2.22. The molecule has 1 nitrogen and oxygen atoms in total. The standard InChI is InChI=1S/C12H15FOS/c13-9-4-3-5-10(8-9)15-12-7-2-1-6-11(12)14/h3-5,8,11-12,14H,1-2,6-7H2/t11-,12-/m1/s1. The fraction of sp³-hybridized carbons (Fsp3) is 0.500. The molecule has 2 atom stereocenters. The Morgan fingerprint density at radius 1 is 1.27 bits per heavy atom. The van der Waals surface area contributed by atoms with Crippen LogP contribution in [0.3, 0.4) is 0 Å². The number of rotatable bonds is 2. The lowest BCUT2D eigenvalue weighted by molar-refractivity contribution is 0.137. The Balaban J connectivity index is 2.01. The minimum atomic E-state index is -0.230. The highest BCUT2D eigenvalue weighted by Crippen LogP contribution is 2.33. The smallest absolute Gasteiger partial charge is 0.124 e. The third-order valence-electron chi connectivity index (χ3n) is 2.75. The van der Waals surface area contributed by atoms with Gasteiger partial charge in [0.2, 0.25) is 0 Å². The van der Waals surface area contributed by atoms with Crippen LogP contribution in [0.25, 0.3) is 0 Å². The molecule has 1 aromatic rings. The van der Waals surface area contributed by atoms with Gasteiger partial charge in [0.1, 0.15) is 5.82 Å². The van der Waals surface area contributed by atoms with Crippen LogP contribution in [0.2, 0.25) is 0 Å². The lowest BCUT2D eigenvalue weighted by Gasteiger charge is -2.26. The molecule has 15 heavy (non-hydrogen) atoms. The van der Waals surface area contributed by atoms with Crippen LogP contribution in [0.15, 0.2) is 29.2 Å². The van der Waals surface area contributed by atoms with E-state index in [9.17, 15) is 9.50 Å². The topological polar surface area (TPSA) is 20.2 Å². The molecule has 1 aliphatic carbocycles. The van der Waals surface area contributed by atoms with Crippen LogP contribution >= 0.6 is 11.8 Å². The van der Waals surface area contributed by atoms with Crippen molar-refractivity contribution in [3.05, 3.63) is 30.1 Å². The Labute approximate surface area is 93.7 Å². The summed E-state index contributed by atoms with van der Waals surface area (Å²) in [6.07, 6.45) is 3.97. The molecule has 3 heteroatoms. The Kier molecular flexibility index (Phi) is 3.65. The molecule has 82 valence electrons. The molecular weight excluding hydrogens is 211 g/mol. The number of hydrogen-bond acceptors (Lipinski definition) is 2. The summed E-state index contributed by atoms with van der Waals surface area (Å²) in [6, 6.07) is 6.59. The summed E-state index contributed by atoms with van der Waals surface area (Å²) < 4.78 is 12.9. The highest BCUT2D eigenvalue weighted by molar-refractivity contribution is 8.00. The molecule has 0 amide bonds. The summed E-state index contributed by atoms with van der Waals surface area (Å²) in [5, 5.41) is 10.0. The molecule has 0 bridgehead atoms. The van der Waals surface area contributed by atoms with E-state index in [4.69, 9.17) is 0 Å². The molecule has 1 fully saturated rings. The van der Waals surface area contributed by atoms with Gasteiger partial charge in [0.05, 0.1) is 6.10 Å². The summed E-state index contributed by atoms with van der Waals surface area (Å²) in [6.45, 7) is 0. The third-order valence-corrected chi connectivity index (χ3v) is 4.13. The maximum absolute atomic E-state index is 12.9. The van der Waals surface area contributed by atoms with Crippen LogP contribution in [0, 0.1) is 5.82 Å². The van der Waals surface area contributed by atoms with Crippen LogP contribution in [-0.2, 0) is 0 Å². The maximum atomic E-state index is 12.9. The summed E-state index contributed by atoms with van der Waals surface area (Å²) in [5.74, 6) is -0.203. The Morgan fingerprint density at radius 2 is 2.07 bits per heavy atom. The van der Waals surface area contributed by atoms with Gasteiger partial charge in [-0.15, -0.1) is 11.8 Å². The monoisotopic (exact) mass is 226 g/mol. The van der Waals surface area contributed by atoms with Crippen molar-refractivity contribution in [2.24, 2.45) is 0 Å². The van der Waals surface area contributed by atoms with E-state index in [1.807, 2.05) is 6.07 Å². The van der Waals surface area contributed by atoms with Crippen LogP contribution in [-0.4, -0.2) is 16.5 Å². The molecule has 0 aliphatic heterocycles. The van der Waals surface area contributed by atoms with E-state index < -0.39 is 0 Å². The van der Waals surface area contributed by atoms with Crippen molar-refractivity contribution in [2.45, 2.75) is 41.9 Å². The molecule has 0 unspecified atom stereocenters. The van der Waals surface area contributed by atoms with Gasteiger partial charge in [-0.3, -0.25) is 0 Å². The minimum absolute atomic E-state index is 0.203. The van der Waals surface area contributed by atoms with Gasteiger partial charge in [0.15, 0.2) is 0 Å². The summed E-state index contributed by atoms with van der Waals surface area (Å²) in [7, 11) is 0. The lowest BCUT2D eigenvalue weighted by Crippen LogP contribution is -2.26. The normalized spacial score (nSPS) is 26.5. The van der Waals surface area contributed by atoms with Crippen LogP contribution in [0.5, 0.6) is 0 Å². The second-order valence-corrected chi connectivity index (χ2v) is 5.28. The molecular formula is C12H15FOS. The Morgan fingerprint density at radius 3 is 2.80 bits per heavy atom. The first kappa shape index (κ1) is 11.0. The van der Waals surface area contributed by atoms with Gasteiger partial charge in [-0.25, -0.2) is 4.39 Å². The van der Waals surface area contributed by atoms with Crippen molar-refractivity contribution in [3.63, 3.8) is 0 Å². The van der Waals surface area contributed by atoms with Gasteiger partial charge in [-0.05, 0) is 31.0 Å². The first-order valence-electron chi connectivity index (χ1n) is 5.36. The molecule has 0 aromatic heterocycles. The number of benzene rings is 1. The van der Waals surface area contributed by atoms with E-state index >= 15 is 0 Å². The highest BCUT2D eigenvalue weighted by Gasteiger charge is 2.23. The predicted molar refractivity (Wildman–Crippen MR) is 60.5 cm³/mol. The largest absolute Gasteiger partial charge is 0.392 e. The van der Waals surface area contributed by atoms with E-state index in [1.165, 1.54) is 18.6 Å². The van der Waals surface area contributed by atoms with Gasteiger partial charge < -0.3 is 5.11 Å². The van der Waals surface area contributed by atoms with Gasteiger partial charge in [0, 0.05) is 10.1 Å². The van der Waals surface area contributed by atoms with E-state index in [0.29, 0.717) is 0 Å². The Bertz CT molecular complexity index is 329. The predicted octanol–water partition coefficient (Wildman–Crippen LogP) is 3.22. The number of hydrogen-bond donors (Lipinski definition) is 1. The minimum Gasteiger partial charge on any atom is -0.392 e. The van der Waals surface area contributed by atoms with Crippen molar-refractivity contribution in [1.29, 1.82) is 0 Å². The fourth-order valence-corrected chi connectivity index (χ4v) is 3.19. The van der Waals surface area contributed by atoms with Crippen molar-refractivity contribution < 1.29 is 9.50 Å². The van der Waals surface area contributed by atoms with Crippen LogP contribution < -0.4 is 0 Å². The molecule has 0 saturated heterocycles. The van der Waals surface area contributed by atoms with Gasteiger partial charge in [0.25, 0.3) is 0 Å². The first-order chi connectivity index (χ1) is 7.25. The second-order valence-electron chi connectivity index (χ2n) is 3.97. The van der Waals surface area contributed by atoms with Crippen molar-refractivity contribution >= 4 is 11.8 Å². The molecule has 1 aromatic carbocycles. The molecule has 0 spiro atoms. The average molecular weight is 226 g/mol. The lowest BCUT2D eigenvalue weighted by atomic mass is 9.97. The molecule has 2 rings (SSSR count). The third kappa shape index (κ3) is 2.95. The van der Waals surface area contributed by atoms with Crippen LogP contribution in [0.1, 0.15) is 25.7 Å². The maximum Gasteiger partial charge on any atom is 0.124 e. The molecule has 1 N–H and O–H groups in total. The zero-order chi connectivity index (χ0) is 10.7.